The molecule has 0 bridgehead atoms. The average molecular weight is 263 g/mol. The number of aromatic nitrogens is 1. The Morgan fingerprint density at radius 2 is 2.47 bits per heavy atom. The molecule has 6 heteroatoms. The van der Waals surface area contributed by atoms with E-state index in [1.165, 1.54) is 12.8 Å². The van der Waals surface area contributed by atoms with Gasteiger partial charge in [-0.3, -0.25) is 4.79 Å². The quantitative estimate of drug-likeness (QED) is 0.542. The maximum atomic E-state index is 12.1. The van der Waals surface area contributed by atoms with E-state index in [1.54, 1.807) is 18.3 Å². The second kappa shape index (κ2) is 6.49. The Morgan fingerprint density at radius 3 is 3.21 bits per heavy atom. The predicted molar refractivity (Wildman–Crippen MR) is 74.6 cm³/mol. The van der Waals surface area contributed by atoms with Crippen LogP contribution in [0.1, 0.15) is 23.2 Å². The van der Waals surface area contributed by atoms with Crippen LogP contribution in [0, 0.1) is 5.92 Å². The number of carbonyl (C=O) groups is 1. The molecule has 1 aliphatic heterocycles. The molecule has 1 saturated heterocycles. The number of nitrogens with zero attached hydrogens (tertiary/aromatic N) is 2. The molecule has 19 heavy (non-hydrogen) atoms. The zero-order valence-electron chi connectivity index (χ0n) is 11.2. The van der Waals surface area contributed by atoms with Crippen molar-refractivity contribution >= 4 is 11.7 Å². The molecular weight excluding hydrogens is 242 g/mol. The van der Waals surface area contributed by atoms with Gasteiger partial charge >= 0.3 is 0 Å². The SMILES string of the molecule is CN1CCCC(CNC(=O)c2cccnc2NN)C1. The fraction of sp³-hybridized carbons (Fsp3) is 0.538. The summed E-state index contributed by atoms with van der Waals surface area (Å²) < 4.78 is 0. The summed E-state index contributed by atoms with van der Waals surface area (Å²) in [5, 5.41) is 2.96. The van der Waals surface area contributed by atoms with Crippen LogP contribution in [0.4, 0.5) is 5.82 Å². The number of rotatable bonds is 4. The Kier molecular flexibility index (Phi) is 4.70. The number of pyridine rings is 1. The highest BCUT2D eigenvalue weighted by atomic mass is 16.1. The first-order chi connectivity index (χ1) is 9.20. The number of nitrogens with two attached hydrogens (primary N) is 1. The van der Waals surface area contributed by atoms with Crippen LogP contribution in [0.5, 0.6) is 0 Å². The standard InChI is InChI=1S/C13H21N5O/c1-18-7-3-4-10(9-18)8-16-13(19)11-5-2-6-15-12(11)17-14/h2,5-6,10H,3-4,7-9,14H2,1H3,(H,15,17)(H,16,19). The number of hydrazine groups is 1. The van der Waals surface area contributed by atoms with Crippen LogP contribution in [-0.2, 0) is 0 Å². The number of amides is 1. The van der Waals surface area contributed by atoms with Crippen molar-refractivity contribution in [3.05, 3.63) is 23.9 Å². The van der Waals surface area contributed by atoms with Crippen LogP contribution >= 0.6 is 0 Å². The van der Waals surface area contributed by atoms with Gasteiger partial charge in [-0.2, -0.15) is 0 Å². The Balaban J connectivity index is 1.90. The van der Waals surface area contributed by atoms with Gasteiger partial charge in [-0.1, -0.05) is 0 Å². The van der Waals surface area contributed by atoms with E-state index < -0.39 is 0 Å². The fourth-order valence-corrected chi connectivity index (χ4v) is 2.48. The van der Waals surface area contributed by atoms with Crippen LogP contribution in [0.3, 0.4) is 0 Å². The summed E-state index contributed by atoms with van der Waals surface area (Å²) >= 11 is 0. The molecule has 1 amide bonds. The smallest absolute Gasteiger partial charge is 0.255 e. The number of nitrogens with one attached hydrogen (secondary N) is 2. The highest BCUT2D eigenvalue weighted by molar-refractivity contribution is 5.98. The zero-order chi connectivity index (χ0) is 13.7. The highest BCUT2D eigenvalue weighted by Gasteiger charge is 2.18. The fourth-order valence-electron chi connectivity index (χ4n) is 2.48. The molecule has 1 aliphatic rings. The van der Waals surface area contributed by atoms with Crippen molar-refractivity contribution in [2.24, 2.45) is 11.8 Å². The van der Waals surface area contributed by atoms with E-state index in [4.69, 9.17) is 5.84 Å². The molecule has 1 aromatic rings. The van der Waals surface area contributed by atoms with Gasteiger partial charge in [0.15, 0.2) is 5.82 Å². The Bertz CT molecular complexity index is 437. The number of hydrogen-bond donors (Lipinski definition) is 3. The van der Waals surface area contributed by atoms with Crippen molar-refractivity contribution in [2.45, 2.75) is 12.8 Å². The Morgan fingerprint density at radius 1 is 1.63 bits per heavy atom. The average Bonchev–Trinajstić information content (AvgIpc) is 2.45. The first kappa shape index (κ1) is 13.8. The molecule has 4 N–H and O–H groups in total. The molecule has 6 nitrogen and oxygen atoms in total. The second-order valence-corrected chi connectivity index (χ2v) is 5.02. The number of nitrogen functional groups attached to an aromatic ring is 1. The largest absolute Gasteiger partial charge is 0.352 e. The minimum absolute atomic E-state index is 0.130. The molecular formula is C13H21N5O. The van der Waals surface area contributed by atoms with Gasteiger partial charge in [0.1, 0.15) is 0 Å². The Hall–Kier alpha value is -1.66. The Labute approximate surface area is 113 Å². The lowest BCUT2D eigenvalue weighted by atomic mass is 9.98. The van der Waals surface area contributed by atoms with E-state index in [2.05, 4.69) is 27.7 Å². The maximum absolute atomic E-state index is 12.1. The van der Waals surface area contributed by atoms with Crippen LogP contribution in [0.25, 0.3) is 0 Å². The molecule has 0 aliphatic carbocycles. The van der Waals surface area contributed by atoms with E-state index >= 15 is 0 Å². The minimum Gasteiger partial charge on any atom is -0.352 e. The van der Waals surface area contributed by atoms with Gasteiger partial charge in [0.25, 0.3) is 5.91 Å². The van der Waals surface area contributed by atoms with Crippen LogP contribution < -0.4 is 16.6 Å². The summed E-state index contributed by atoms with van der Waals surface area (Å²) in [5.41, 5.74) is 2.92. The van der Waals surface area contributed by atoms with Gasteiger partial charge in [-0.25, -0.2) is 10.8 Å². The lowest BCUT2D eigenvalue weighted by molar-refractivity contribution is 0.0937. The zero-order valence-corrected chi connectivity index (χ0v) is 11.2. The van der Waals surface area contributed by atoms with Crippen molar-refractivity contribution < 1.29 is 4.79 Å². The lowest BCUT2D eigenvalue weighted by Crippen LogP contribution is -2.39. The molecule has 1 atom stereocenters. The van der Waals surface area contributed by atoms with Gasteiger partial charge in [-0.05, 0) is 44.5 Å². The topological polar surface area (TPSA) is 83.3 Å². The number of piperidine rings is 1. The summed E-state index contributed by atoms with van der Waals surface area (Å²) in [7, 11) is 2.12. The van der Waals surface area contributed by atoms with Gasteiger partial charge in [0.05, 0.1) is 5.56 Å². The second-order valence-electron chi connectivity index (χ2n) is 5.02. The normalized spacial score (nSPS) is 20.0. The summed E-state index contributed by atoms with van der Waals surface area (Å²) in [6, 6.07) is 3.44. The van der Waals surface area contributed by atoms with E-state index in [0.717, 1.165) is 13.1 Å². The number of anilines is 1. The van der Waals surface area contributed by atoms with Crippen molar-refractivity contribution in [1.29, 1.82) is 0 Å². The molecule has 0 aromatic carbocycles. The van der Waals surface area contributed by atoms with Crippen molar-refractivity contribution in [3.8, 4) is 0 Å². The first-order valence-corrected chi connectivity index (χ1v) is 6.59. The van der Waals surface area contributed by atoms with E-state index in [-0.39, 0.29) is 5.91 Å². The highest BCUT2D eigenvalue weighted by Crippen LogP contribution is 2.15. The number of carbonyl (C=O) groups excluding carboxylic acids is 1. The molecule has 2 heterocycles. The van der Waals surface area contributed by atoms with Gasteiger partial charge in [0.2, 0.25) is 0 Å². The van der Waals surface area contributed by atoms with E-state index in [9.17, 15) is 4.79 Å². The summed E-state index contributed by atoms with van der Waals surface area (Å²) in [6.07, 6.45) is 3.96. The number of likely N-dealkylation sites (tertiary alicyclic amines) is 1. The van der Waals surface area contributed by atoms with Gasteiger partial charge in [0, 0.05) is 19.3 Å². The molecule has 0 radical (unpaired) electrons. The minimum atomic E-state index is -0.130. The third-order valence-corrected chi connectivity index (χ3v) is 3.46. The maximum Gasteiger partial charge on any atom is 0.255 e. The molecule has 1 aromatic heterocycles. The van der Waals surface area contributed by atoms with Crippen LogP contribution in [0.15, 0.2) is 18.3 Å². The van der Waals surface area contributed by atoms with Crippen LogP contribution in [0.2, 0.25) is 0 Å². The molecule has 1 fully saturated rings. The third-order valence-electron chi connectivity index (χ3n) is 3.46. The van der Waals surface area contributed by atoms with Crippen molar-refractivity contribution in [3.63, 3.8) is 0 Å². The van der Waals surface area contributed by atoms with E-state index in [1.807, 2.05) is 0 Å². The summed E-state index contributed by atoms with van der Waals surface area (Å²) in [4.78, 5) is 18.4. The summed E-state index contributed by atoms with van der Waals surface area (Å²) in [5.74, 6) is 6.14. The molecule has 104 valence electrons. The van der Waals surface area contributed by atoms with Gasteiger partial charge < -0.3 is 15.6 Å². The first-order valence-electron chi connectivity index (χ1n) is 6.59. The van der Waals surface area contributed by atoms with Crippen molar-refractivity contribution in [2.75, 3.05) is 32.1 Å². The monoisotopic (exact) mass is 263 g/mol. The molecule has 1 unspecified atom stereocenters. The predicted octanol–water partition coefficient (Wildman–Crippen LogP) is 0.439. The van der Waals surface area contributed by atoms with Crippen molar-refractivity contribution in [1.82, 2.24) is 15.2 Å². The molecule has 0 spiro atoms. The van der Waals surface area contributed by atoms with Crippen LogP contribution in [-0.4, -0.2) is 42.5 Å². The number of hydrogen-bond acceptors (Lipinski definition) is 5. The third kappa shape index (κ3) is 3.65. The lowest BCUT2D eigenvalue weighted by Gasteiger charge is -2.29. The van der Waals surface area contributed by atoms with E-state index in [0.29, 0.717) is 23.8 Å². The molecule has 2 rings (SSSR count). The van der Waals surface area contributed by atoms with Gasteiger partial charge in [-0.15, -0.1) is 0 Å². The molecule has 0 saturated carbocycles. The summed E-state index contributed by atoms with van der Waals surface area (Å²) in [6.45, 7) is 2.88.